The molecule has 0 atom stereocenters. The molecule has 0 radical (unpaired) electrons. The maximum Gasteiger partial charge on any atom is 0.354 e. The molecule has 0 saturated carbocycles. The van der Waals surface area contributed by atoms with Gasteiger partial charge >= 0.3 is 11.9 Å². The van der Waals surface area contributed by atoms with E-state index in [9.17, 15) is 19.8 Å². The van der Waals surface area contributed by atoms with Crippen LogP contribution < -0.4 is 0 Å². The fraction of sp³-hybridized carbons (Fsp3) is 0. The molecule has 0 spiro atoms. The quantitative estimate of drug-likeness (QED) is 0.416. The molecule has 2 aromatic carbocycles. The van der Waals surface area contributed by atoms with Gasteiger partial charge in [-0.15, -0.1) is 0 Å². The Bertz CT molecular complexity index is 1110. The molecule has 8 nitrogen and oxygen atoms in total. The lowest BCUT2D eigenvalue weighted by atomic mass is 10.2. The Morgan fingerprint density at radius 3 is 1.36 bits per heavy atom. The smallest absolute Gasteiger partial charge is 0.354 e. The van der Waals surface area contributed by atoms with Gasteiger partial charge in [-0.05, 0) is 24.3 Å². The van der Waals surface area contributed by atoms with Crippen molar-refractivity contribution in [2.75, 3.05) is 0 Å². The summed E-state index contributed by atoms with van der Waals surface area (Å²) in [6.07, 6.45) is 0. The van der Waals surface area contributed by atoms with E-state index in [0.717, 1.165) is 12.1 Å². The number of carboxylic acids is 2. The first-order valence-electron chi connectivity index (χ1n) is 8.01. The minimum atomic E-state index is -1.15. The fourth-order valence-electron chi connectivity index (χ4n) is 2.53. The molecule has 0 saturated heterocycles. The van der Waals surface area contributed by atoms with Gasteiger partial charge in [-0.1, -0.05) is 24.3 Å². The second-order valence-corrected chi connectivity index (χ2v) is 5.70. The Hall–Kier alpha value is -4.20. The standard InChI is InChI=1S/2C10H7NO3/c2*12-9-5-8(10(13)14)11-7-4-2-1-3-6(7)9/h2*1-5H,(H,11,12)(H,13,14). The Labute approximate surface area is 158 Å². The van der Waals surface area contributed by atoms with Gasteiger partial charge in [-0.25, -0.2) is 19.6 Å². The molecule has 0 aliphatic carbocycles. The molecule has 140 valence electrons. The summed E-state index contributed by atoms with van der Waals surface area (Å²) in [5.41, 5.74) is 0.650. The second-order valence-electron chi connectivity index (χ2n) is 5.70. The van der Waals surface area contributed by atoms with Crippen LogP contribution in [0.3, 0.4) is 0 Å². The second kappa shape index (κ2) is 7.58. The Morgan fingerprint density at radius 1 is 0.643 bits per heavy atom. The molecule has 0 bridgehead atoms. The SMILES string of the molecule is O=C(O)c1cc(O)c2ccccc2n1.O=C(O)c1cc(O)c2ccccc2n1. The molecule has 0 aliphatic rings. The Balaban J connectivity index is 0.000000161. The van der Waals surface area contributed by atoms with Crippen molar-refractivity contribution >= 4 is 33.7 Å². The summed E-state index contributed by atoms with van der Waals surface area (Å²) in [6.45, 7) is 0. The highest BCUT2D eigenvalue weighted by Crippen LogP contribution is 2.24. The number of benzene rings is 2. The van der Waals surface area contributed by atoms with Crippen molar-refractivity contribution < 1.29 is 30.0 Å². The van der Waals surface area contributed by atoms with E-state index in [1.54, 1.807) is 48.5 Å². The molecule has 2 heterocycles. The van der Waals surface area contributed by atoms with Crippen molar-refractivity contribution in [1.82, 2.24) is 9.97 Å². The van der Waals surface area contributed by atoms with Gasteiger partial charge in [0.2, 0.25) is 0 Å². The number of carbonyl (C=O) groups is 2. The highest BCUT2D eigenvalue weighted by atomic mass is 16.4. The summed E-state index contributed by atoms with van der Waals surface area (Å²) < 4.78 is 0. The van der Waals surface area contributed by atoms with Crippen LogP contribution in [0.15, 0.2) is 60.7 Å². The molecule has 4 rings (SSSR count). The van der Waals surface area contributed by atoms with Crippen molar-refractivity contribution in [3.05, 3.63) is 72.1 Å². The van der Waals surface area contributed by atoms with Gasteiger partial charge in [0.05, 0.1) is 11.0 Å². The van der Waals surface area contributed by atoms with E-state index < -0.39 is 11.9 Å². The van der Waals surface area contributed by atoms with E-state index in [0.29, 0.717) is 21.8 Å². The van der Waals surface area contributed by atoms with Crippen LogP contribution in [0.1, 0.15) is 21.0 Å². The number of aromatic nitrogens is 2. The fourth-order valence-corrected chi connectivity index (χ4v) is 2.53. The normalized spacial score (nSPS) is 10.3. The predicted molar refractivity (Wildman–Crippen MR) is 101 cm³/mol. The lowest BCUT2D eigenvalue weighted by Gasteiger charge is -2.01. The molecule has 28 heavy (non-hydrogen) atoms. The molecule has 0 fully saturated rings. The number of pyridine rings is 2. The molecule has 2 aromatic heterocycles. The molecule has 8 heteroatoms. The number of hydrogen-bond donors (Lipinski definition) is 4. The van der Waals surface area contributed by atoms with Crippen LogP contribution in [0.5, 0.6) is 11.5 Å². The van der Waals surface area contributed by atoms with Gasteiger partial charge in [-0.3, -0.25) is 0 Å². The number of fused-ring (bicyclic) bond motifs is 2. The summed E-state index contributed by atoms with van der Waals surface area (Å²) >= 11 is 0. The summed E-state index contributed by atoms with van der Waals surface area (Å²) in [6, 6.07) is 15.9. The highest BCUT2D eigenvalue weighted by molar-refractivity contribution is 5.93. The van der Waals surface area contributed by atoms with E-state index >= 15 is 0 Å². The van der Waals surface area contributed by atoms with Crippen molar-refractivity contribution in [1.29, 1.82) is 0 Å². The van der Waals surface area contributed by atoms with Crippen LogP contribution in [-0.2, 0) is 0 Å². The van der Waals surface area contributed by atoms with Crippen molar-refractivity contribution in [3.63, 3.8) is 0 Å². The van der Waals surface area contributed by atoms with Crippen molar-refractivity contribution in [2.45, 2.75) is 0 Å². The number of carboxylic acid groups (broad SMARTS) is 2. The van der Waals surface area contributed by atoms with Crippen LogP contribution in [0.2, 0.25) is 0 Å². The van der Waals surface area contributed by atoms with Crippen LogP contribution in [0.25, 0.3) is 21.8 Å². The van der Waals surface area contributed by atoms with Gasteiger partial charge in [0, 0.05) is 22.9 Å². The van der Waals surface area contributed by atoms with Crippen molar-refractivity contribution in [3.8, 4) is 11.5 Å². The minimum absolute atomic E-state index is 0.0620. The van der Waals surface area contributed by atoms with E-state index in [-0.39, 0.29) is 22.9 Å². The minimum Gasteiger partial charge on any atom is -0.507 e. The van der Waals surface area contributed by atoms with Gasteiger partial charge in [0.15, 0.2) is 11.4 Å². The monoisotopic (exact) mass is 378 g/mol. The molecule has 4 N–H and O–H groups in total. The molecular formula is C20H14N2O6. The van der Waals surface area contributed by atoms with Crippen LogP contribution in [-0.4, -0.2) is 42.3 Å². The third-order valence-electron chi connectivity index (χ3n) is 3.83. The number of hydrogen-bond acceptors (Lipinski definition) is 6. The molecule has 0 aliphatic heterocycles. The molecule has 4 aromatic rings. The number of rotatable bonds is 2. The first-order chi connectivity index (χ1) is 13.4. The highest BCUT2D eigenvalue weighted by Gasteiger charge is 2.10. The largest absolute Gasteiger partial charge is 0.507 e. The summed E-state index contributed by atoms with van der Waals surface area (Å²) in [5.74, 6) is -2.42. The molecular weight excluding hydrogens is 364 g/mol. The third kappa shape index (κ3) is 3.80. The van der Waals surface area contributed by atoms with Crippen molar-refractivity contribution in [2.24, 2.45) is 0 Å². The first-order valence-corrected chi connectivity index (χ1v) is 8.01. The lowest BCUT2D eigenvalue weighted by Crippen LogP contribution is -1.99. The summed E-state index contributed by atoms with van der Waals surface area (Å²) in [5, 5.41) is 37.5. The number of nitrogens with zero attached hydrogens (tertiary/aromatic N) is 2. The summed E-state index contributed by atoms with van der Waals surface area (Å²) in [4.78, 5) is 29.0. The van der Waals surface area contributed by atoms with Gasteiger partial charge in [0.1, 0.15) is 11.5 Å². The van der Waals surface area contributed by atoms with E-state index in [1.807, 2.05) is 0 Å². The Morgan fingerprint density at radius 2 is 1.00 bits per heavy atom. The van der Waals surface area contributed by atoms with Gasteiger partial charge in [0.25, 0.3) is 0 Å². The molecule has 0 amide bonds. The summed E-state index contributed by atoms with van der Waals surface area (Å²) in [7, 11) is 0. The van der Waals surface area contributed by atoms with Gasteiger partial charge < -0.3 is 20.4 Å². The zero-order valence-corrected chi connectivity index (χ0v) is 14.3. The average molecular weight is 378 g/mol. The number of aromatic hydroxyl groups is 2. The number of aromatic carboxylic acids is 2. The number of para-hydroxylation sites is 2. The van der Waals surface area contributed by atoms with E-state index in [4.69, 9.17) is 10.2 Å². The average Bonchev–Trinajstić information content (AvgIpc) is 2.68. The Kier molecular flexibility index (Phi) is 5.03. The third-order valence-corrected chi connectivity index (χ3v) is 3.83. The zero-order chi connectivity index (χ0) is 20.3. The first kappa shape index (κ1) is 18.6. The molecule has 0 unspecified atom stereocenters. The maximum absolute atomic E-state index is 10.6. The van der Waals surface area contributed by atoms with Gasteiger partial charge in [-0.2, -0.15) is 0 Å². The maximum atomic E-state index is 10.6. The van der Waals surface area contributed by atoms with Crippen LogP contribution in [0, 0.1) is 0 Å². The van der Waals surface area contributed by atoms with Crippen LogP contribution >= 0.6 is 0 Å². The van der Waals surface area contributed by atoms with E-state index in [1.165, 1.54) is 0 Å². The predicted octanol–water partition coefficient (Wildman–Crippen LogP) is 3.28. The lowest BCUT2D eigenvalue weighted by molar-refractivity contribution is 0.0680. The van der Waals surface area contributed by atoms with E-state index in [2.05, 4.69) is 9.97 Å². The van der Waals surface area contributed by atoms with Crippen LogP contribution in [0.4, 0.5) is 0 Å². The zero-order valence-electron chi connectivity index (χ0n) is 14.3. The topological polar surface area (TPSA) is 141 Å².